The normalized spacial score (nSPS) is 19.7. The van der Waals surface area contributed by atoms with Gasteiger partial charge in [-0.2, -0.15) is 0 Å². The van der Waals surface area contributed by atoms with Crippen LogP contribution in [0.4, 0.5) is 14.5 Å². The van der Waals surface area contributed by atoms with Gasteiger partial charge in [0.15, 0.2) is 0 Å². The molecule has 0 aliphatic carbocycles. The van der Waals surface area contributed by atoms with Crippen LogP contribution >= 0.6 is 0 Å². The number of hydrogen-bond donors (Lipinski definition) is 2. The zero-order valence-corrected chi connectivity index (χ0v) is 13.2. The van der Waals surface area contributed by atoms with Gasteiger partial charge < -0.3 is 15.3 Å². The number of aliphatic hydroxyl groups is 1. The van der Waals surface area contributed by atoms with E-state index in [9.17, 15) is 23.5 Å². The predicted molar refractivity (Wildman–Crippen MR) is 86.5 cm³/mol. The average Bonchev–Trinajstić information content (AvgIpc) is 2.98. The van der Waals surface area contributed by atoms with Gasteiger partial charge in [-0.3, -0.25) is 9.59 Å². The van der Waals surface area contributed by atoms with Crippen LogP contribution < -0.4 is 5.32 Å². The Kier molecular flexibility index (Phi) is 4.76. The number of rotatable bonds is 2. The summed E-state index contributed by atoms with van der Waals surface area (Å²) in [6.07, 6.45) is -0.883. The standard InChI is InChI=1S/C18H16F2N2O3/c19-11-6-7-15(20)14(8-11)16-9-13(23)10-22(16)18(25)17(24)21-12-4-2-1-3-5-12/h1-8,13,16,23H,9-10H2,(H,21,24). The van der Waals surface area contributed by atoms with E-state index in [4.69, 9.17) is 0 Å². The maximum Gasteiger partial charge on any atom is 0.313 e. The van der Waals surface area contributed by atoms with Gasteiger partial charge in [-0.25, -0.2) is 8.78 Å². The summed E-state index contributed by atoms with van der Waals surface area (Å²) in [5, 5.41) is 12.3. The molecule has 0 spiro atoms. The molecule has 0 saturated carbocycles. The van der Waals surface area contributed by atoms with E-state index in [-0.39, 0.29) is 18.5 Å². The highest BCUT2D eigenvalue weighted by molar-refractivity contribution is 6.39. The molecule has 2 unspecified atom stereocenters. The Balaban J connectivity index is 1.82. The number of benzene rings is 2. The van der Waals surface area contributed by atoms with Crippen LogP contribution in [0.25, 0.3) is 0 Å². The molecule has 1 aliphatic rings. The van der Waals surface area contributed by atoms with Gasteiger partial charge in [-0.15, -0.1) is 0 Å². The third-order valence-corrected chi connectivity index (χ3v) is 4.08. The van der Waals surface area contributed by atoms with E-state index in [0.29, 0.717) is 5.69 Å². The number of carbonyl (C=O) groups is 2. The van der Waals surface area contributed by atoms with Gasteiger partial charge in [0.05, 0.1) is 12.1 Å². The smallest absolute Gasteiger partial charge is 0.313 e. The monoisotopic (exact) mass is 346 g/mol. The van der Waals surface area contributed by atoms with Crippen LogP contribution in [0.15, 0.2) is 48.5 Å². The third-order valence-electron chi connectivity index (χ3n) is 4.08. The van der Waals surface area contributed by atoms with Crippen molar-refractivity contribution in [2.24, 2.45) is 0 Å². The minimum atomic E-state index is -0.916. The fourth-order valence-electron chi connectivity index (χ4n) is 2.94. The fourth-order valence-corrected chi connectivity index (χ4v) is 2.94. The highest BCUT2D eigenvalue weighted by Crippen LogP contribution is 2.34. The molecular weight excluding hydrogens is 330 g/mol. The average molecular weight is 346 g/mol. The number of carbonyl (C=O) groups excluding carboxylic acids is 2. The van der Waals surface area contributed by atoms with Crippen molar-refractivity contribution >= 4 is 17.5 Å². The molecule has 1 fully saturated rings. The second kappa shape index (κ2) is 6.98. The lowest BCUT2D eigenvalue weighted by Gasteiger charge is -2.24. The second-order valence-electron chi connectivity index (χ2n) is 5.85. The summed E-state index contributed by atoms with van der Waals surface area (Å²) in [7, 11) is 0. The first-order valence-corrected chi connectivity index (χ1v) is 7.75. The number of para-hydroxylation sites is 1. The maximum absolute atomic E-state index is 14.0. The van der Waals surface area contributed by atoms with Crippen LogP contribution in [0.5, 0.6) is 0 Å². The maximum atomic E-state index is 14.0. The molecule has 5 nitrogen and oxygen atoms in total. The molecule has 2 atom stereocenters. The van der Waals surface area contributed by atoms with E-state index < -0.39 is 35.6 Å². The zero-order chi connectivity index (χ0) is 18.0. The molecule has 3 rings (SSSR count). The molecule has 0 radical (unpaired) electrons. The molecule has 1 saturated heterocycles. The molecule has 2 amide bonds. The molecule has 0 bridgehead atoms. The van der Waals surface area contributed by atoms with E-state index in [1.807, 2.05) is 0 Å². The third kappa shape index (κ3) is 3.66. The number of β-amino-alcohol motifs (C(OH)–C–C–N with tert-alkyl or cyclic N) is 1. The Morgan fingerprint density at radius 3 is 2.56 bits per heavy atom. The first-order chi connectivity index (χ1) is 12.0. The lowest BCUT2D eigenvalue weighted by atomic mass is 10.0. The molecule has 7 heteroatoms. The summed E-state index contributed by atoms with van der Waals surface area (Å²) in [5.74, 6) is -3.16. The van der Waals surface area contributed by atoms with Gasteiger partial charge in [0.25, 0.3) is 0 Å². The van der Waals surface area contributed by atoms with Crippen molar-refractivity contribution in [2.45, 2.75) is 18.6 Å². The zero-order valence-electron chi connectivity index (χ0n) is 13.2. The number of likely N-dealkylation sites (tertiary alicyclic amines) is 1. The highest BCUT2D eigenvalue weighted by atomic mass is 19.1. The van der Waals surface area contributed by atoms with Crippen molar-refractivity contribution in [1.82, 2.24) is 4.90 Å². The summed E-state index contributed by atoms with van der Waals surface area (Å²) in [4.78, 5) is 25.7. The molecule has 1 aliphatic heterocycles. The van der Waals surface area contributed by atoms with Crippen molar-refractivity contribution in [3.63, 3.8) is 0 Å². The van der Waals surface area contributed by atoms with E-state index in [1.54, 1.807) is 30.3 Å². The summed E-state index contributed by atoms with van der Waals surface area (Å²) in [5.41, 5.74) is 0.381. The Morgan fingerprint density at radius 2 is 1.84 bits per heavy atom. The predicted octanol–water partition coefficient (Wildman–Crippen LogP) is 2.24. The number of aliphatic hydroxyl groups excluding tert-OH is 1. The first kappa shape index (κ1) is 17.0. The summed E-state index contributed by atoms with van der Waals surface area (Å²) in [6.45, 7) is -0.123. The van der Waals surface area contributed by atoms with E-state index in [2.05, 4.69) is 5.32 Å². The van der Waals surface area contributed by atoms with Gasteiger partial charge in [-0.05, 0) is 36.8 Å². The molecule has 25 heavy (non-hydrogen) atoms. The molecule has 2 N–H and O–H groups in total. The topological polar surface area (TPSA) is 69.6 Å². The Bertz CT molecular complexity index is 798. The van der Waals surface area contributed by atoms with Gasteiger partial charge >= 0.3 is 11.8 Å². The number of nitrogens with one attached hydrogen (secondary N) is 1. The van der Waals surface area contributed by atoms with Crippen molar-refractivity contribution < 1.29 is 23.5 Å². The van der Waals surface area contributed by atoms with Crippen LogP contribution in [0.3, 0.4) is 0 Å². The van der Waals surface area contributed by atoms with Crippen LogP contribution in [0, 0.1) is 11.6 Å². The minimum Gasteiger partial charge on any atom is -0.391 e. The number of hydrogen-bond acceptors (Lipinski definition) is 3. The number of nitrogens with zero attached hydrogens (tertiary/aromatic N) is 1. The molecular formula is C18H16F2N2O3. The number of amides is 2. The number of anilines is 1. The van der Waals surface area contributed by atoms with E-state index in [1.165, 1.54) is 0 Å². The second-order valence-corrected chi connectivity index (χ2v) is 5.85. The summed E-state index contributed by atoms with van der Waals surface area (Å²) in [6, 6.07) is 10.4. The molecule has 1 heterocycles. The molecule has 2 aromatic rings. The van der Waals surface area contributed by atoms with E-state index in [0.717, 1.165) is 23.1 Å². The number of halogens is 2. The molecule has 0 aromatic heterocycles. The Morgan fingerprint density at radius 1 is 1.12 bits per heavy atom. The quantitative estimate of drug-likeness (QED) is 0.820. The highest BCUT2D eigenvalue weighted by Gasteiger charge is 2.39. The van der Waals surface area contributed by atoms with Gasteiger partial charge in [0.2, 0.25) is 0 Å². The minimum absolute atomic E-state index is 0.0325. The Hall–Kier alpha value is -2.80. The van der Waals surface area contributed by atoms with Crippen molar-refractivity contribution in [3.05, 3.63) is 65.7 Å². The van der Waals surface area contributed by atoms with Gasteiger partial charge in [0.1, 0.15) is 11.6 Å². The summed E-state index contributed by atoms with van der Waals surface area (Å²) >= 11 is 0. The summed E-state index contributed by atoms with van der Waals surface area (Å²) < 4.78 is 27.5. The van der Waals surface area contributed by atoms with Crippen LogP contribution in [0.1, 0.15) is 18.0 Å². The SMILES string of the molecule is O=C(Nc1ccccc1)C(=O)N1CC(O)CC1c1cc(F)ccc1F. The Labute approximate surface area is 142 Å². The van der Waals surface area contributed by atoms with Crippen molar-refractivity contribution in [1.29, 1.82) is 0 Å². The largest absolute Gasteiger partial charge is 0.391 e. The molecule has 2 aromatic carbocycles. The van der Waals surface area contributed by atoms with Gasteiger partial charge in [-0.1, -0.05) is 18.2 Å². The molecule has 130 valence electrons. The lowest BCUT2D eigenvalue weighted by molar-refractivity contribution is -0.144. The first-order valence-electron chi connectivity index (χ1n) is 7.75. The van der Waals surface area contributed by atoms with Crippen LogP contribution in [-0.2, 0) is 9.59 Å². The van der Waals surface area contributed by atoms with Crippen LogP contribution in [-0.4, -0.2) is 34.5 Å². The van der Waals surface area contributed by atoms with E-state index >= 15 is 0 Å². The fraction of sp³-hybridized carbons (Fsp3) is 0.222. The van der Waals surface area contributed by atoms with Crippen molar-refractivity contribution in [3.8, 4) is 0 Å². The van der Waals surface area contributed by atoms with Gasteiger partial charge in [0, 0.05) is 17.8 Å². The van der Waals surface area contributed by atoms with Crippen LogP contribution in [0.2, 0.25) is 0 Å². The lowest BCUT2D eigenvalue weighted by Crippen LogP contribution is -2.40. The van der Waals surface area contributed by atoms with Crippen molar-refractivity contribution in [2.75, 3.05) is 11.9 Å².